The molecule has 0 saturated carbocycles. The number of ether oxygens (including phenoxy) is 1. The van der Waals surface area contributed by atoms with Crippen molar-refractivity contribution in [3.05, 3.63) is 64.2 Å². The fourth-order valence-electron chi connectivity index (χ4n) is 2.40. The summed E-state index contributed by atoms with van der Waals surface area (Å²) >= 11 is 6.70. The van der Waals surface area contributed by atoms with Crippen molar-refractivity contribution in [1.29, 1.82) is 0 Å². The summed E-state index contributed by atoms with van der Waals surface area (Å²) in [5, 5.41) is 9.95. The van der Waals surface area contributed by atoms with E-state index in [1.165, 1.54) is 25.3 Å². The molecule has 0 bridgehead atoms. The van der Waals surface area contributed by atoms with Crippen molar-refractivity contribution in [2.75, 3.05) is 17.1 Å². The summed E-state index contributed by atoms with van der Waals surface area (Å²) in [5.41, 5.74) is 1.28. The normalized spacial score (nSPS) is 11.0. The third-order valence-corrected chi connectivity index (χ3v) is 6.78. The third-order valence-electron chi connectivity index (χ3n) is 3.88. The molecule has 3 aromatic rings. The molecule has 0 atom stereocenters. The summed E-state index contributed by atoms with van der Waals surface area (Å²) in [7, 11) is -2.96. The van der Waals surface area contributed by atoms with Gasteiger partial charge >= 0.3 is 5.97 Å². The number of aromatic nitrogens is 2. The minimum atomic E-state index is -4.17. The fourth-order valence-corrected chi connectivity index (χ4v) is 4.59. The van der Waals surface area contributed by atoms with Gasteiger partial charge in [0, 0.05) is 5.56 Å². The molecule has 1 aromatic heterocycles. The number of methoxy groups -OCH3 is 1. The van der Waals surface area contributed by atoms with E-state index in [9.17, 15) is 18.0 Å². The third kappa shape index (κ3) is 4.75. The summed E-state index contributed by atoms with van der Waals surface area (Å²) in [6.45, 7) is 1.78. The van der Waals surface area contributed by atoms with Gasteiger partial charge in [-0.15, -0.1) is 10.2 Å². The maximum Gasteiger partial charge on any atom is 0.337 e. The van der Waals surface area contributed by atoms with Crippen LogP contribution in [0.5, 0.6) is 0 Å². The number of carbonyl (C=O) groups excluding carboxylic acids is 2. The molecule has 0 radical (unpaired) electrons. The first kappa shape index (κ1) is 21.7. The van der Waals surface area contributed by atoms with Gasteiger partial charge < -0.3 is 4.74 Å². The molecule has 1 amide bonds. The lowest BCUT2D eigenvalue weighted by atomic mass is 10.1. The van der Waals surface area contributed by atoms with Crippen LogP contribution in [0.2, 0.25) is 5.02 Å². The van der Waals surface area contributed by atoms with Crippen molar-refractivity contribution in [3.8, 4) is 0 Å². The van der Waals surface area contributed by atoms with Gasteiger partial charge in [-0.2, -0.15) is 8.42 Å². The molecule has 2 N–H and O–H groups in total. The highest BCUT2D eigenvalue weighted by molar-refractivity contribution is 7.94. The number of sulfonamides is 1. The smallest absolute Gasteiger partial charge is 0.337 e. The number of halogens is 1. The molecule has 0 unspecified atom stereocenters. The number of hydrogen-bond acceptors (Lipinski definition) is 8. The van der Waals surface area contributed by atoms with Gasteiger partial charge in [-0.3, -0.25) is 14.8 Å². The Morgan fingerprint density at radius 1 is 1.13 bits per heavy atom. The van der Waals surface area contributed by atoms with Crippen molar-refractivity contribution >= 4 is 55.7 Å². The van der Waals surface area contributed by atoms with Gasteiger partial charge in [-0.05, 0) is 36.8 Å². The van der Waals surface area contributed by atoms with E-state index in [2.05, 4.69) is 25.0 Å². The predicted molar refractivity (Wildman–Crippen MR) is 113 cm³/mol. The first-order chi connectivity index (χ1) is 14.2. The van der Waals surface area contributed by atoms with Crippen LogP contribution in [-0.2, 0) is 14.8 Å². The van der Waals surface area contributed by atoms with Crippen molar-refractivity contribution in [2.45, 2.75) is 11.3 Å². The lowest BCUT2D eigenvalue weighted by Gasteiger charge is -2.08. The highest BCUT2D eigenvalue weighted by atomic mass is 35.5. The van der Waals surface area contributed by atoms with Crippen LogP contribution in [0.1, 0.15) is 26.3 Å². The van der Waals surface area contributed by atoms with Crippen LogP contribution in [0.15, 0.2) is 46.8 Å². The summed E-state index contributed by atoms with van der Waals surface area (Å²) in [6, 6.07) is 10.9. The van der Waals surface area contributed by atoms with E-state index in [4.69, 9.17) is 11.6 Å². The van der Waals surface area contributed by atoms with Gasteiger partial charge in [0.2, 0.25) is 5.13 Å². The standard InChI is InChI=1S/C18H15ClN4O5S2/c1-10-5-3-4-6-12(10)15(24)20-17-21-22-18(29-17)30(26,27)23-14-9-11(16(25)28-2)7-8-13(14)19/h3-9,23H,1-2H3,(H,20,21,24). The number of nitrogens with one attached hydrogen (secondary N) is 2. The topological polar surface area (TPSA) is 127 Å². The Hall–Kier alpha value is -3.02. The zero-order valence-corrected chi connectivity index (χ0v) is 18.1. The Kier molecular flexibility index (Phi) is 6.34. The lowest BCUT2D eigenvalue weighted by Crippen LogP contribution is -2.14. The zero-order chi connectivity index (χ0) is 21.9. The van der Waals surface area contributed by atoms with Gasteiger partial charge in [-0.1, -0.05) is 41.1 Å². The average molecular weight is 467 g/mol. The largest absolute Gasteiger partial charge is 0.465 e. The van der Waals surface area contributed by atoms with E-state index >= 15 is 0 Å². The Balaban J connectivity index is 1.80. The van der Waals surface area contributed by atoms with Crippen LogP contribution in [-0.4, -0.2) is 37.6 Å². The molecule has 3 rings (SSSR count). The molecule has 1 heterocycles. The average Bonchev–Trinajstić information content (AvgIpc) is 3.18. The van der Waals surface area contributed by atoms with Gasteiger partial charge in [0.05, 0.1) is 23.4 Å². The molecule has 0 spiro atoms. The van der Waals surface area contributed by atoms with Gasteiger partial charge in [0.25, 0.3) is 20.3 Å². The molecule has 0 aliphatic rings. The van der Waals surface area contributed by atoms with E-state index in [0.29, 0.717) is 16.9 Å². The summed E-state index contributed by atoms with van der Waals surface area (Å²) in [6.07, 6.45) is 0. The first-order valence-corrected chi connectivity index (χ1v) is 11.0. The molecule has 30 heavy (non-hydrogen) atoms. The Bertz CT molecular complexity index is 1230. The van der Waals surface area contributed by atoms with E-state index in [-0.39, 0.29) is 25.7 Å². The second-order valence-electron chi connectivity index (χ2n) is 5.93. The Morgan fingerprint density at radius 2 is 1.87 bits per heavy atom. The van der Waals surface area contributed by atoms with Gasteiger partial charge in [0.15, 0.2) is 0 Å². The second-order valence-corrected chi connectivity index (χ2v) is 9.17. The number of nitrogens with zero attached hydrogens (tertiary/aromatic N) is 2. The van der Waals surface area contributed by atoms with Crippen LogP contribution < -0.4 is 10.0 Å². The Labute approximate surface area is 181 Å². The highest BCUT2D eigenvalue weighted by Gasteiger charge is 2.23. The SMILES string of the molecule is COC(=O)c1ccc(Cl)c(NS(=O)(=O)c2nnc(NC(=O)c3ccccc3C)s2)c1. The summed E-state index contributed by atoms with van der Waals surface area (Å²) in [4.78, 5) is 24.0. The molecular formula is C18H15ClN4O5S2. The van der Waals surface area contributed by atoms with Crippen molar-refractivity contribution in [3.63, 3.8) is 0 Å². The zero-order valence-electron chi connectivity index (χ0n) is 15.7. The van der Waals surface area contributed by atoms with Gasteiger partial charge in [-0.25, -0.2) is 4.79 Å². The van der Waals surface area contributed by atoms with Crippen molar-refractivity contribution < 1.29 is 22.7 Å². The molecule has 0 aliphatic heterocycles. The van der Waals surface area contributed by atoms with Gasteiger partial charge in [0.1, 0.15) is 0 Å². The van der Waals surface area contributed by atoms with E-state index in [1.807, 2.05) is 0 Å². The molecule has 0 aliphatic carbocycles. The number of amides is 1. The quantitative estimate of drug-likeness (QED) is 0.421. The number of carbonyl (C=O) groups is 2. The Morgan fingerprint density at radius 3 is 2.57 bits per heavy atom. The minimum absolute atomic E-state index is 0.0121. The highest BCUT2D eigenvalue weighted by Crippen LogP contribution is 2.28. The van der Waals surface area contributed by atoms with Crippen molar-refractivity contribution in [2.24, 2.45) is 0 Å². The van der Waals surface area contributed by atoms with E-state index in [1.54, 1.807) is 31.2 Å². The number of rotatable bonds is 6. The van der Waals surface area contributed by atoms with Crippen molar-refractivity contribution in [1.82, 2.24) is 10.2 Å². The van der Waals surface area contributed by atoms with Crippen LogP contribution in [0.25, 0.3) is 0 Å². The van der Waals surface area contributed by atoms with E-state index < -0.39 is 21.9 Å². The molecule has 0 fully saturated rings. The monoisotopic (exact) mass is 466 g/mol. The summed E-state index contributed by atoms with van der Waals surface area (Å²) < 4.78 is 31.8. The maximum absolute atomic E-state index is 12.6. The summed E-state index contributed by atoms with van der Waals surface area (Å²) in [5.74, 6) is -1.08. The first-order valence-electron chi connectivity index (χ1n) is 8.32. The van der Waals surface area contributed by atoms with Crippen LogP contribution in [0.3, 0.4) is 0 Å². The number of hydrogen-bond donors (Lipinski definition) is 2. The molecule has 156 valence electrons. The van der Waals surface area contributed by atoms with Crippen LogP contribution in [0.4, 0.5) is 10.8 Å². The number of benzene rings is 2. The molecule has 9 nitrogen and oxygen atoms in total. The maximum atomic E-state index is 12.6. The number of anilines is 2. The van der Waals surface area contributed by atoms with E-state index in [0.717, 1.165) is 5.56 Å². The molecule has 2 aromatic carbocycles. The van der Waals surface area contributed by atoms with Crippen LogP contribution >= 0.6 is 22.9 Å². The predicted octanol–water partition coefficient (Wildman–Crippen LogP) is 3.34. The number of aryl methyl sites for hydroxylation is 1. The minimum Gasteiger partial charge on any atom is -0.465 e. The number of esters is 1. The second kappa shape index (κ2) is 8.78. The molecule has 0 saturated heterocycles. The molecule has 12 heteroatoms. The lowest BCUT2D eigenvalue weighted by molar-refractivity contribution is 0.0600. The fraction of sp³-hybridized carbons (Fsp3) is 0.111. The van der Waals surface area contributed by atoms with Crippen LogP contribution in [0, 0.1) is 6.92 Å². The molecular weight excluding hydrogens is 452 g/mol.